The molecule has 0 fully saturated rings. The van der Waals surface area contributed by atoms with Crippen molar-refractivity contribution in [3.05, 3.63) is 11.9 Å². The second-order valence-corrected chi connectivity index (χ2v) is 3.52. The second kappa shape index (κ2) is 6.58. The van der Waals surface area contributed by atoms with E-state index in [9.17, 15) is 0 Å². The van der Waals surface area contributed by atoms with Crippen LogP contribution in [0.25, 0.3) is 0 Å². The summed E-state index contributed by atoms with van der Waals surface area (Å²) >= 11 is 0. The molecule has 1 aromatic rings. The Morgan fingerprint density at radius 3 is 2.41 bits per heavy atom. The smallest absolute Gasteiger partial charge is 0.177 e. The summed E-state index contributed by atoms with van der Waals surface area (Å²) in [6.07, 6.45) is 1.31. The molecule has 1 N–H and O–H groups in total. The van der Waals surface area contributed by atoms with E-state index >= 15 is 0 Å². The van der Waals surface area contributed by atoms with Gasteiger partial charge in [-0.05, 0) is 14.0 Å². The minimum Gasteiger partial charge on any atom is -0.493 e. The minimum absolute atomic E-state index is 0.137. The lowest BCUT2D eigenvalue weighted by atomic mass is 10.2. The molecule has 0 saturated heterocycles. The number of hydrogen-bond acceptors (Lipinski definition) is 5. The van der Waals surface area contributed by atoms with E-state index in [1.165, 1.54) is 0 Å². The Labute approximate surface area is 102 Å². The number of nitrogens with one attached hydrogen (secondary N) is 1. The van der Waals surface area contributed by atoms with Crippen LogP contribution in [-0.2, 0) is 16.0 Å². The second-order valence-electron chi connectivity index (χ2n) is 3.52. The van der Waals surface area contributed by atoms with Gasteiger partial charge in [0, 0.05) is 20.8 Å². The van der Waals surface area contributed by atoms with E-state index in [2.05, 4.69) is 10.4 Å². The molecule has 1 heterocycles. The lowest BCUT2D eigenvalue weighted by Gasteiger charge is -2.25. The third kappa shape index (κ3) is 2.77. The predicted octanol–water partition coefficient (Wildman–Crippen LogP) is 0.791. The van der Waals surface area contributed by atoms with E-state index < -0.39 is 6.29 Å². The number of rotatable bonds is 7. The summed E-state index contributed by atoms with van der Waals surface area (Å²) in [5.41, 5.74) is 0.922. The molecule has 0 saturated carbocycles. The van der Waals surface area contributed by atoms with Crippen molar-refractivity contribution in [2.75, 3.05) is 28.4 Å². The van der Waals surface area contributed by atoms with Crippen LogP contribution in [0.3, 0.4) is 0 Å². The minimum atomic E-state index is -0.393. The molecule has 1 unspecified atom stereocenters. The first kappa shape index (κ1) is 14.0. The van der Waals surface area contributed by atoms with Gasteiger partial charge in [-0.1, -0.05) is 0 Å². The molecule has 17 heavy (non-hydrogen) atoms. The first-order valence-electron chi connectivity index (χ1n) is 5.55. The normalized spacial score (nSPS) is 13.1. The summed E-state index contributed by atoms with van der Waals surface area (Å²) in [5.74, 6) is 0.727. The van der Waals surface area contributed by atoms with Crippen LogP contribution >= 0.6 is 0 Å². The molecule has 6 nitrogen and oxygen atoms in total. The Hall–Kier alpha value is -1.11. The molecule has 0 bridgehead atoms. The van der Waals surface area contributed by atoms with Gasteiger partial charge < -0.3 is 19.5 Å². The van der Waals surface area contributed by atoms with Gasteiger partial charge in [-0.2, -0.15) is 5.10 Å². The summed E-state index contributed by atoms with van der Waals surface area (Å²) in [7, 11) is 6.69. The first-order valence-corrected chi connectivity index (χ1v) is 5.55. The number of aryl methyl sites for hydroxylation is 1. The molecule has 0 aromatic carbocycles. The molecule has 6 heteroatoms. The average Bonchev–Trinajstić information content (AvgIpc) is 2.78. The van der Waals surface area contributed by atoms with Crippen LogP contribution in [0, 0.1) is 0 Å². The fourth-order valence-corrected chi connectivity index (χ4v) is 1.87. The molecular formula is C11H21N3O3. The van der Waals surface area contributed by atoms with Crippen molar-refractivity contribution < 1.29 is 14.2 Å². The van der Waals surface area contributed by atoms with Crippen LogP contribution in [0.4, 0.5) is 0 Å². The Balaban J connectivity index is 3.12. The highest BCUT2D eigenvalue weighted by Crippen LogP contribution is 2.28. The zero-order valence-electron chi connectivity index (χ0n) is 11.1. The fourth-order valence-electron chi connectivity index (χ4n) is 1.87. The number of nitrogens with zero attached hydrogens (tertiary/aromatic N) is 2. The van der Waals surface area contributed by atoms with Gasteiger partial charge in [0.15, 0.2) is 12.0 Å². The highest BCUT2D eigenvalue weighted by atomic mass is 16.7. The molecule has 0 aliphatic rings. The Kier molecular flexibility index (Phi) is 5.40. The molecule has 0 aliphatic carbocycles. The summed E-state index contributed by atoms with van der Waals surface area (Å²) in [6, 6.07) is -0.137. The van der Waals surface area contributed by atoms with Crippen LogP contribution in [0.5, 0.6) is 5.75 Å². The van der Waals surface area contributed by atoms with Gasteiger partial charge in [-0.3, -0.25) is 4.68 Å². The molecule has 0 aliphatic heterocycles. The number of ether oxygens (including phenoxy) is 3. The van der Waals surface area contributed by atoms with E-state index in [-0.39, 0.29) is 6.04 Å². The van der Waals surface area contributed by atoms with Crippen LogP contribution in [0.15, 0.2) is 6.20 Å². The maximum absolute atomic E-state index is 5.32. The van der Waals surface area contributed by atoms with Gasteiger partial charge in [0.05, 0.1) is 13.3 Å². The van der Waals surface area contributed by atoms with E-state index in [0.717, 1.165) is 18.0 Å². The highest BCUT2D eigenvalue weighted by Gasteiger charge is 2.28. The van der Waals surface area contributed by atoms with Crippen molar-refractivity contribution in [1.82, 2.24) is 15.1 Å². The number of methoxy groups -OCH3 is 3. The molecular weight excluding hydrogens is 222 g/mol. The van der Waals surface area contributed by atoms with E-state index in [1.807, 2.05) is 18.7 Å². The van der Waals surface area contributed by atoms with Crippen LogP contribution in [-0.4, -0.2) is 44.4 Å². The zero-order valence-corrected chi connectivity index (χ0v) is 11.1. The van der Waals surface area contributed by atoms with Crippen molar-refractivity contribution in [3.63, 3.8) is 0 Å². The van der Waals surface area contributed by atoms with Crippen molar-refractivity contribution in [2.45, 2.75) is 25.8 Å². The fraction of sp³-hybridized carbons (Fsp3) is 0.727. The number of aromatic nitrogens is 2. The summed E-state index contributed by atoms with van der Waals surface area (Å²) in [4.78, 5) is 0. The van der Waals surface area contributed by atoms with E-state index in [4.69, 9.17) is 14.2 Å². The molecule has 1 rings (SSSR count). The molecule has 98 valence electrons. The molecule has 0 amide bonds. The van der Waals surface area contributed by atoms with Gasteiger partial charge in [0.25, 0.3) is 0 Å². The van der Waals surface area contributed by atoms with Crippen LogP contribution in [0.1, 0.15) is 18.7 Å². The molecule has 0 spiro atoms. The first-order chi connectivity index (χ1) is 8.23. The standard InChI is InChI=1S/C11H21N3O3/c1-6-14-10(8(15-3)7-13-14)9(12-2)11(16-4)17-5/h7,9,11-12H,6H2,1-5H3. The van der Waals surface area contributed by atoms with E-state index in [0.29, 0.717) is 0 Å². The summed E-state index contributed by atoms with van der Waals surface area (Å²) < 4.78 is 17.8. The molecule has 1 atom stereocenters. The summed E-state index contributed by atoms with van der Waals surface area (Å²) in [5, 5.41) is 7.43. The Morgan fingerprint density at radius 2 is 2.00 bits per heavy atom. The quantitative estimate of drug-likeness (QED) is 0.718. The monoisotopic (exact) mass is 243 g/mol. The predicted molar refractivity (Wildman–Crippen MR) is 64.1 cm³/mol. The van der Waals surface area contributed by atoms with Gasteiger partial charge in [-0.15, -0.1) is 0 Å². The maximum Gasteiger partial charge on any atom is 0.177 e. The van der Waals surface area contributed by atoms with Crippen molar-refractivity contribution in [3.8, 4) is 5.75 Å². The number of likely N-dealkylation sites (N-methyl/N-ethyl adjacent to an activating group) is 1. The largest absolute Gasteiger partial charge is 0.493 e. The zero-order chi connectivity index (χ0) is 12.8. The van der Waals surface area contributed by atoms with E-state index in [1.54, 1.807) is 27.5 Å². The Morgan fingerprint density at radius 1 is 1.35 bits per heavy atom. The molecule has 1 aromatic heterocycles. The van der Waals surface area contributed by atoms with Crippen molar-refractivity contribution in [1.29, 1.82) is 0 Å². The lowest BCUT2D eigenvalue weighted by Crippen LogP contribution is -2.34. The van der Waals surface area contributed by atoms with Gasteiger partial charge in [0.1, 0.15) is 11.7 Å². The van der Waals surface area contributed by atoms with Crippen LogP contribution < -0.4 is 10.1 Å². The molecule has 0 radical (unpaired) electrons. The topological polar surface area (TPSA) is 57.5 Å². The third-order valence-electron chi connectivity index (χ3n) is 2.71. The van der Waals surface area contributed by atoms with Gasteiger partial charge in [0.2, 0.25) is 0 Å². The maximum atomic E-state index is 5.32. The summed E-state index contributed by atoms with van der Waals surface area (Å²) in [6.45, 7) is 2.79. The lowest BCUT2D eigenvalue weighted by molar-refractivity contribution is -0.124. The SMILES string of the molecule is CCn1ncc(OC)c1C(NC)C(OC)OC. The van der Waals surface area contributed by atoms with Crippen LogP contribution in [0.2, 0.25) is 0 Å². The number of hydrogen-bond donors (Lipinski definition) is 1. The Bertz CT molecular complexity index is 315. The highest BCUT2D eigenvalue weighted by molar-refractivity contribution is 5.28. The van der Waals surface area contributed by atoms with Gasteiger partial charge >= 0.3 is 0 Å². The third-order valence-corrected chi connectivity index (χ3v) is 2.71. The van der Waals surface area contributed by atoms with Gasteiger partial charge in [-0.25, -0.2) is 0 Å². The van der Waals surface area contributed by atoms with Crippen molar-refractivity contribution in [2.24, 2.45) is 0 Å². The van der Waals surface area contributed by atoms with Crippen molar-refractivity contribution >= 4 is 0 Å². The average molecular weight is 243 g/mol.